The molecule has 0 saturated heterocycles. The quantitative estimate of drug-likeness (QED) is 0.779. The monoisotopic (exact) mass is 298 g/mol. The van der Waals surface area contributed by atoms with Gasteiger partial charge in [0.05, 0.1) is 6.04 Å². The number of fused-ring (bicyclic) bond motifs is 1. The SMILES string of the molecule is CC1c2ccsc2CCN1C(=O)NC(CCO)C(=O)O. The standard InChI is InChI=1S/C13H18N2O4S/c1-8-9-4-7-20-11(9)2-5-15(8)13(19)14-10(3-6-16)12(17)18/h4,7-8,10,16H,2-3,5-6H2,1H3,(H,14,19)(H,17,18). The third-order valence-corrected chi connectivity index (χ3v) is 4.55. The summed E-state index contributed by atoms with van der Waals surface area (Å²) in [6, 6.07) is 0.499. The van der Waals surface area contributed by atoms with Gasteiger partial charge in [-0.25, -0.2) is 9.59 Å². The summed E-state index contributed by atoms with van der Waals surface area (Å²) in [5, 5.41) is 22.3. The number of carbonyl (C=O) groups excluding carboxylic acids is 1. The number of aliphatic hydroxyl groups excluding tert-OH is 1. The second-order valence-corrected chi connectivity index (χ2v) is 5.77. The molecule has 0 radical (unpaired) electrons. The molecule has 0 aliphatic carbocycles. The van der Waals surface area contributed by atoms with Crippen LogP contribution < -0.4 is 5.32 Å². The van der Waals surface area contributed by atoms with Crippen molar-refractivity contribution in [2.24, 2.45) is 0 Å². The summed E-state index contributed by atoms with van der Waals surface area (Å²) in [5.41, 5.74) is 1.13. The molecular formula is C13H18N2O4S. The van der Waals surface area contributed by atoms with Crippen LogP contribution >= 0.6 is 11.3 Å². The minimum atomic E-state index is -1.13. The van der Waals surface area contributed by atoms with E-state index in [0.717, 1.165) is 12.0 Å². The van der Waals surface area contributed by atoms with Crippen LogP contribution in [-0.2, 0) is 11.2 Å². The van der Waals surface area contributed by atoms with Crippen LogP contribution in [0.2, 0.25) is 0 Å². The van der Waals surface area contributed by atoms with Crippen LogP contribution in [0, 0.1) is 0 Å². The molecule has 7 heteroatoms. The van der Waals surface area contributed by atoms with Gasteiger partial charge in [0.15, 0.2) is 0 Å². The van der Waals surface area contributed by atoms with E-state index in [4.69, 9.17) is 10.2 Å². The number of hydrogen-bond acceptors (Lipinski definition) is 4. The number of nitrogens with zero attached hydrogens (tertiary/aromatic N) is 1. The lowest BCUT2D eigenvalue weighted by atomic mass is 10.0. The lowest BCUT2D eigenvalue weighted by molar-refractivity contribution is -0.139. The molecule has 2 rings (SSSR count). The number of carboxylic acids is 1. The zero-order valence-corrected chi connectivity index (χ0v) is 12.0. The van der Waals surface area contributed by atoms with Crippen LogP contribution in [0.5, 0.6) is 0 Å². The number of hydrogen-bond donors (Lipinski definition) is 3. The van der Waals surface area contributed by atoms with E-state index in [1.54, 1.807) is 16.2 Å². The third kappa shape index (κ3) is 2.94. The molecular weight excluding hydrogens is 280 g/mol. The highest BCUT2D eigenvalue weighted by Gasteiger charge is 2.30. The van der Waals surface area contributed by atoms with Crippen LogP contribution in [-0.4, -0.2) is 46.3 Å². The first-order valence-corrected chi connectivity index (χ1v) is 7.39. The van der Waals surface area contributed by atoms with E-state index in [2.05, 4.69) is 5.32 Å². The van der Waals surface area contributed by atoms with E-state index in [0.29, 0.717) is 6.54 Å². The second kappa shape index (κ2) is 6.23. The van der Waals surface area contributed by atoms with Gasteiger partial charge >= 0.3 is 12.0 Å². The number of carbonyl (C=O) groups is 2. The average Bonchev–Trinajstić information content (AvgIpc) is 2.87. The Morgan fingerprint density at radius 3 is 3.00 bits per heavy atom. The van der Waals surface area contributed by atoms with Gasteiger partial charge in [0.1, 0.15) is 6.04 Å². The van der Waals surface area contributed by atoms with Gasteiger partial charge in [-0.15, -0.1) is 11.3 Å². The van der Waals surface area contributed by atoms with Crippen molar-refractivity contribution in [2.75, 3.05) is 13.2 Å². The van der Waals surface area contributed by atoms with E-state index in [-0.39, 0.29) is 19.1 Å². The molecule has 3 N–H and O–H groups in total. The highest BCUT2D eigenvalue weighted by molar-refractivity contribution is 7.10. The van der Waals surface area contributed by atoms with Crippen molar-refractivity contribution in [2.45, 2.75) is 31.8 Å². The molecule has 6 nitrogen and oxygen atoms in total. The average molecular weight is 298 g/mol. The van der Waals surface area contributed by atoms with Crippen molar-refractivity contribution in [3.05, 3.63) is 21.9 Å². The lowest BCUT2D eigenvalue weighted by Gasteiger charge is -2.34. The van der Waals surface area contributed by atoms with Crippen LogP contribution in [0.4, 0.5) is 4.79 Å². The van der Waals surface area contributed by atoms with Gasteiger partial charge in [0.25, 0.3) is 0 Å². The lowest BCUT2D eigenvalue weighted by Crippen LogP contribution is -2.50. The molecule has 0 saturated carbocycles. The number of aliphatic hydroxyl groups is 1. The fourth-order valence-electron chi connectivity index (χ4n) is 2.41. The van der Waals surface area contributed by atoms with Gasteiger partial charge < -0.3 is 20.4 Å². The zero-order valence-electron chi connectivity index (χ0n) is 11.2. The van der Waals surface area contributed by atoms with Gasteiger partial charge in [-0.05, 0) is 30.4 Å². The maximum atomic E-state index is 12.2. The normalized spacial score (nSPS) is 19.3. The molecule has 1 aliphatic heterocycles. The summed E-state index contributed by atoms with van der Waals surface area (Å²) in [5.74, 6) is -1.13. The van der Waals surface area contributed by atoms with Crippen molar-refractivity contribution in [3.8, 4) is 0 Å². The summed E-state index contributed by atoms with van der Waals surface area (Å²) < 4.78 is 0. The fourth-order valence-corrected chi connectivity index (χ4v) is 3.37. The molecule has 0 aromatic carbocycles. The van der Waals surface area contributed by atoms with Gasteiger partial charge in [-0.2, -0.15) is 0 Å². The van der Waals surface area contributed by atoms with Crippen LogP contribution in [0.15, 0.2) is 11.4 Å². The minimum absolute atomic E-state index is 0.00694. The van der Waals surface area contributed by atoms with Crippen LogP contribution in [0.1, 0.15) is 29.8 Å². The number of urea groups is 1. The van der Waals surface area contributed by atoms with E-state index >= 15 is 0 Å². The van der Waals surface area contributed by atoms with Crippen molar-refractivity contribution in [3.63, 3.8) is 0 Å². The number of rotatable bonds is 4. The third-order valence-electron chi connectivity index (χ3n) is 3.55. The second-order valence-electron chi connectivity index (χ2n) is 4.77. The first kappa shape index (κ1) is 14.8. The van der Waals surface area contributed by atoms with Crippen LogP contribution in [0.3, 0.4) is 0 Å². The number of aliphatic carboxylic acids is 1. The number of thiophene rings is 1. The molecule has 2 atom stereocenters. The minimum Gasteiger partial charge on any atom is -0.480 e. The molecule has 20 heavy (non-hydrogen) atoms. The molecule has 2 heterocycles. The number of nitrogens with one attached hydrogen (secondary N) is 1. The predicted octanol–water partition coefficient (Wildman–Crippen LogP) is 1.21. The molecule has 110 valence electrons. The molecule has 0 fully saturated rings. The van der Waals surface area contributed by atoms with E-state index in [1.807, 2.05) is 18.4 Å². The topological polar surface area (TPSA) is 89.9 Å². The first-order valence-electron chi connectivity index (χ1n) is 6.51. The Bertz CT molecular complexity index is 502. The Labute approximate surface area is 121 Å². The molecule has 1 aromatic heterocycles. The number of amides is 2. The van der Waals surface area contributed by atoms with Crippen molar-refractivity contribution < 1.29 is 19.8 Å². The predicted molar refractivity (Wildman–Crippen MR) is 74.8 cm³/mol. The number of carboxylic acid groups (broad SMARTS) is 1. The van der Waals surface area contributed by atoms with Crippen molar-refractivity contribution in [1.29, 1.82) is 0 Å². The highest BCUT2D eigenvalue weighted by Crippen LogP contribution is 2.32. The summed E-state index contributed by atoms with van der Waals surface area (Å²) in [4.78, 5) is 26.1. The van der Waals surface area contributed by atoms with E-state index < -0.39 is 18.0 Å². The highest BCUT2D eigenvalue weighted by atomic mass is 32.1. The summed E-state index contributed by atoms with van der Waals surface area (Å²) >= 11 is 1.68. The Morgan fingerprint density at radius 2 is 2.35 bits per heavy atom. The van der Waals surface area contributed by atoms with Gasteiger partial charge in [0.2, 0.25) is 0 Å². The molecule has 2 unspecified atom stereocenters. The zero-order chi connectivity index (χ0) is 14.7. The van der Waals surface area contributed by atoms with Gasteiger partial charge in [0, 0.05) is 24.4 Å². The summed E-state index contributed by atoms with van der Waals surface area (Å²) in [6.07, 6.45) is 0.801. The first-order chi connectivity index (χ1) is 9.54. The molecule has 0 spiro atoms. The fraction of sp³-hybridized carbons (Fsp3) is 0.538. The molecule has 1 aliphatic rings. The molecule has 0 bridgehead atoms. The van der Waals surface area contributed by atoms with E-state index in [9.17, 15) is 9.59 Å². The maximum Gasteiger partial charge on any atom is 0.326 e. The Kier molecular flexibility index (Phi) is 4.61. The van der Waals surface area contributed by atoms with Crippen LogP contribution in [0.25, 0.3) is 0 Å². The van der Waals surface area contributed by atoms with Gasteiger partial charge in [-0.1, -0.05) is 0 Å². The molecule has 1 aromatic rings. The molecule has 2 amide bonds. The smallest absolute Gasteiger partial charge is 0.326 e. The Morgan fingerprint density at radius 1 is 1.60 bits per heavy atom. The van der Waals surface area contributed by atoms with Crippen molar-refractivity contribution >= 4 is 23.3 Å². The van der Waals surface area contributed by atoms with Crippen molar-refractivity contribution in [1.82, 2.24) is 10.2 Å². The Balaban J connectivity index is 2.05. The van der Waals surface area contributed by atoms with Gasteiger partial charge in [-0.3, -0.25) is 0 Å². The summed E-state index contributed by atoms with van der Waals surface area (Å²) in [6.45, 7) is 2.24. The summed E-state index contributed by atoms with van der Waals surface area (Å²) in [7, 11) is 0. The maximum absolute atomic E-state index is 12.2. The van der Waals surface area contributed by atoms with E-state index in [1.165, 1.54) is 4.88 Å². The Hall–Kier alpha value is -1.60. The largest absolute Gasteiger partial charge is 0.480 e.